The number of unbranched alkanes of at least 4 members (excludes halogenated alkanes) is 1. The summed E-state index contributed by atoms with van der Waals surface area (Å²) in [5, 5.41) is 5.43. The molecule has 5 atom stereocenters. The number of hydrogen-bond donors (Lipinski definition) is 5. The number of nitrogens with one attached hydrogen (secondary N) is 2. The van der Waals surface area contributed by atoms with Gasteiger partial charge in [0, 0.05) is 19.4 Å². The lowest BCUT2D eigenvalue weighted by molar-refractivity contribution is -0.156. The highest BCUT2D eigenvalue weighted by Crippen LogP contribution is 2.41. The van der Waals surface area contributed by atoms with Crippen molar-refractivity contribution in [3.63, 3.8) is 0 Å². The average Bonchev–Trinajstić information content (AvgIpc) is 3.29. The Kier molecular flexibility index (Phi) is 12.0. The van der Waals surface area contributed by atoms with E-state index in [-0.39, 0.29) is 50.5 Å². The van der Waals surface area contributed by atoms with Crippen molar-refractivity contribution in [3.8, 4) is 0 Å². The summed E-state index contributed by atoms with van der Waals surface area (Å²) in [5.41, 5.74) is 15.3. The molecule has 2 aliphatic rings. The van der Waals surface area contributed by atoms with Crippen molar-refractivity contribution in [2.24, 2.45) is 29.0 Å². The number of nitrogens with two attached hydrogens (primary N) is 3. The van der Waals surface area contributed by atoms with Gasteiger partial charge in [0.1, 0.15) is 17.9 Å². The van der Waals surface area contributed by atoms with E-state index in [0.717, 1.165) is 11.3 Å². The molecule has 1 saturated carbocycles. The summed E-state index contributed by atoms with van der Waals surface area (Å²) >= 11 is 0. The molecule has 38 heavy (non-hydrogen) atoms. The molecule has 3 amide bonds. The number of hydrogen-bond acceptors (Lipinski definition) is 9. The normalized spacial score (nSPS) is 23.5. The zero-order chi connectivity index (χ0) is 28.5. The van der Waals surface area contributed by atoms with Crippen LogP contribution in [0, 0.1) is 11.8 Å². The number of amides is 3. The van der Waals surface area contributed by atoms with Gasteiger partial charge in [-0.25, -0.2) is 0 Å². The highest BCUT2D eigenvalue weighted by molar-refractivity contribution is 6.14. The molecule has 0 spiro atoms. The monoisotopic (exact) mass is 536 g/mol. The maximum Gasteiger partial charge on any atom is 0.246 e. The minimum atomic E-state index is -1.83. The second kappa shape index (κ2) is 14.5. The second-order valence-corrected chi connectivity index (χ2v) is 10.7. The van der Waals surface area contributed by atoms with Gasteiger partial charge in [-0.3, -0.25) is 24.0 Å². The maximum atomic E-state index is 13.7. The van der Waals surface area contributed by atoms with Crippen molar-refractivity contribution >= 4 is 35.6 Å². The first-order valence-electron chi connectivity index (χ1n) is 13.6. The SMILES string of the molecule is CC(C)C[C@H](NC(=O)[C@@H](N)CCCCN)C(=O)N[C@@H](CCCN)C(=O)N1CCC2C(=O)CCC(=O)[C@@]21C=O. The smallest absolute Gasteiger partial charge is 0.246 e. The van der Waals surface area contributed by atoms with Crippen molar-refractivity contribution in [1.29, 1.82) is 0 Å². The first-order valence-corrected chi connectivity index (χ1v) is 13.6. The molecule has 12 heteroatoms. The third-order valence-electron chi connectivity index (χ3n) is 7.46. The highest BCUT2D eigenvalue weighted by Gasteiger charge is 2.60. The minimum absolute atomic E-state index is 0.0428. The summed E-state index contributed by atoms with van der Waals surface area (Å²) in [4.78, 5) is 78.6. The summed E-state index contributed by atoms with van der Waals surface area (Å²) in [6, 6.07) is -2.83. The van der Waals surface area contributed by atoms with Crippen molar-refractivity contribution in [2.75, 3.05) is 19.6 Å². The Hall–Kier alpha value is -2.70. The van der Waals surface area contributed by atoms with Crippen molar-refractivity contribution < 1.29 is 28.8 Å². The van der Waals surface area contributed by atoms with Crippen LogP contribution in [0.5, 0.6) is 0 Å². The zero-order valence-electron chi connectivity index (χ0n) is 22.6. The number of ketones is 2. The molecular formula is C26H44N6O6. The van der Waals surface area contributed by atoms with Crippen molar-refractivity contribution in [2.45, 2.75) is 95.3 Å². The molecule has 0 radical (unpaired) electrons. The Morgan fingerprint density at radius 3 is 2.26 bits per heavy atom. The van der Waals surface area contributed by atoms with Crippen LogP contribution in [0.15, 0.2) is 0 Å². The predicted octanol–water partition coefficient (Wildman–Crippen LogP) is -1.08. The standard InChI is InChI=1S/C26H44N6O6/c1-16(2)14-20(31-23(36)18(29)6-3-4-11-27)24(37)30-19(7-5-12-28)25(38)32-13-10-17-21(34)8-9-22(35)26(17,32)15-33/h15-20H,3-14,27-29H2,1-2H3,(H,30,37)(H,31,36)/t17?,18-,19-,20-,26+/m0/s1. The zero-order valence-corrected chi connectivity index (χ0v) is 22.6. The lowest BCUT2D eigenvalue weighted by atomic mass is 9.72. The van der Waals surface area contributed by atoms with E-state index in [4.69, 9.17) is 17.2 Å². The Bertz CT molecular complexity index is 895. The summed E-state index contributed by atoms with van der Waals surface area (Å²) in [7, 11) is 0. The van der Waals surface area contributed by atoms with E-state index in [9.17, 15) is 28.8 Å². The van der Waals surface area contributed by atoms with Crippen LogP contribution in [-0.4, -0.2) is 83.8 Å². The summed E-state index contributed by atoms with van der Waals surface area (Å²) < 4.78 is 0. The van der Waals surface area contributed by atoms with Crippen LogP contribution in [-0.2, 0) is 28.8 Å². The van der Waals surface area contributed by atoms with E-state index in [2.05, 4.69) is 10.6 Å². The van der Waals surface area contributed by atoms with Crippen LogP contribution in [0.1, 0.15) is 71.6 Å². The number of carbonyl (C=O) groups excluding carboxylic acids is 6. The van der Waals surface area contributed by atoms with E-state index >= 15 is 0 Å². The number of likely N-dealkylation sites (tertiary alicyclic amines) is 1. The van der Waals surface area contributed by atoms with Crippen LogP contribution >= 0.6 is 0 Å². The van der Waals surface area contributed by atoms with Crippen LogP contribution < -0.4 is 27.8 Å². The number of fused-ring (bicyclic) bond motifs is 1. The molecule has 1 saturated heterocycles. The minimum Gasteiger partial charge on any atom is -0.343 e. The third kappa shape index (κ3) is 7.23. The van der Waals surface area contributed by atoms with Crippen LogP contribution in [0.2, 0.25) is 0 Å². The van der Waals surface area contributed by atoms with E-state index < -0.39 is 53.1 Å². The molecule has 214 valence electrons. The van der Waals surface area contributed by atoms with Gasteiger partial charge in [-0.2, -0.15) is 0 Å². The van der Waals surface area contributed by atoms with Gasteiger partial charge >= 0.3 is 0 Å². The van der Waals surface area contributed by atoms with Gasteiger partial charge in [-0.15, -0.1) is 0 Å². The number of rotatable bonds is 15. The maximum absolute atomic E-state index is 13.7. The molecule has 1 aliphatic heterocycles. The molecule has 0 aromatic rings. The number of aldehydes is 1. The highest BCUT2D eigenvalue weighted by atomic mass is 16.2. The molecule has 1 heterocycles. The first kappa shape index (κ1) is 31.5. The fourth-order valence-electron chi connectivity index (χ4n) is 5.38. The van der Waals surface area contributed by atoms with E-state index in [1.165, 1.54) is 0 Å². The summed E-state index contributed by atoms with van der Waals surface area (Å²) in [5.74, 6) is -3.15. The topological polar surface area (TPSA) is 208 Å². The number of carbonyl (C=O) groups is 6. The predicted molar refractivity (Wildman–Crippen MR) is 140 cm³/mol. The molecule has 2 fully saturated rings. The lowest BCUT2D eigenvalue weighted by Crippen LogP contribution is -2.64. The Labute approximate surface area is 224 Å². The quantitative estimate of drug-likeness (QED) is 0.0977. The van der Waals surface area contributed by atoms with E-state index in [0.29, 0.717) is 38.5 Å². The Balaban J connectivity index is 2.23. The van der Waals surface area contributed by atoms with Crippen molar-refractivity contribution in [1.82, 2.24) is 15.5 Å². The van der Waals surface area contributed by atoms with Gasteiger partial charge < -0.3 is 37.5 Å². The summed E-state index contributed by atoms with van der Waals surface area (Å²) in [6.07, 6.45) is 3.27. The number of Topliss-reactive ketones (excluding diaryl/α,β-unsaturated/α-hetero) is 2. The molecule has 1 aliphatic carbocycles. The van der Waals surface area contributed by atoms with Crippen LogP contribution in [0.3, 0.4) is 0 Å². The van der Waals surface area contributed by atoms with Gasteiger partial charge in [0.15, 0.2) is 17.6 Å². The van der Waals surface area contributed by atoms with Gasteiger partial charge in [-0.05, 0) is 57.5 Å². The number of nitrogens with zero attached hydrogens (tertiary/aromatic N) is 1. The second-order valence-electron chi connectivity index (χ2n) is 10.7. The molecule has 12 nitrogen and oxygen atoms in total. The fraction of sp³-hybridized carbons (Fsp3) is 0.769. The summed E-state index contributed by atoms with van der Waals surface area (Å²) in [6.45, 7) is 4.60. The average molecular weight is 537 g/mol. The molecule has 0 aromatic heterocycles. The molecule has 0 aromatic carbocycles. The van der Waals surface area contributed by atoms with E-state index in [1.807, 2.05) is 13.8 Å². The first-order chi connectivity index (χ1) is 18.0. The molecule has 2 rings (SSSR count). The van der Waals surface area contributed by atoms with E-state index in [1.54, 1.807) is 0 Å². The third-order valence-corrected chi connectivity index (χ3v) is 7.46. The largest absolute Gasteiger partial charge is 0.343 e. The van der Waals surface area contributed by atoms with Crippen LogP contribution in [0.25, 0.3) is 0 Å². The lowest BCUT2D eigenvalue weighted by Gasteiger charge is -2.40. The van der Waals surface area contributed by atoms with Gasteiger partial charge in [0.2, 0.25) is 17.7 Å². The van der Waals surface area contributed by atoms with Crippen LogP contribution in [0.4, 0.5) is 0 Å². The van der Waals surface area contributed by atoms with Crippen molar-refractivity contribution in [3.05, 3.63) is 0 Å². The molecule has 0 bridgehead atoms. The van der Waals surface area contributed by atoms with Gasteiger partial charge in [0.05, 0.1) is 12.0 Å². The molecule has 8 N–H and O–H groups in total. The Morgan fingerprint density at radius 1 is 1.00 bits per heavy atom. The molecular weight excluding hydrogens is 492 g/mol. The van der Waals surface area contributed by atoms with Gasteiger partial charge in [0.25, 0.3) is 0 Å². The van der Waals surface area contributed by atoms with Gasteiger partial charge in [-0.1, -0.05) is 20.3 Å². The fourth-order valence-corrected chi connectivity index (χ4v) is 5.38. The Morgan fingerprint density at radius 2 is 1.66 bits per heavy atom. The molecule has 1 unspecified atom stereocenters.